The van der Waals surface area contributed by atoms with Gasteiger partial charge in [0.05, 0.1) is 30.3 Å². The van der Waals surface area contributed by atoms with Crippen LogP contribution in [0.5, 0.6) is 0 Å². The monoisotopic (exact) mass is 424 g/mol. The summed E-state index contributed by atoms with van der Waals surface area (Å²) in [6, 6.07) is 16.3. The second-order valence-corrected chi connectivity index (χ2v) is 6.94. The molecule has 0 atom stereocenters. The number of hydrogen-bond acceptors (Lipinski definition) is 5. The van der Waals surface area contributed by atoms with Gasteiger partial charge in [0.1, 0.15) is 11.5 Å². The summed E-state index contributed by atoms with van der Waals surface area (Å²) in [6.45, 7) is 2.08. The molecule has 0 aliphatic carbocycles. The second kappa shape index (κ2) is 9.89. The van der Waals surface area contributed by atoms with Crippen LogP contribution in [-0.4, -0.2) is 25.2 Å². The van der Waals surface area contributed by atoms with Gasteiger partial charge in [-0.1, -0.05) is 42.8 Å². The number of furan rings is 1. The first-order valence-corrected chi connectivity index (χ1v) is 9.75. The molecule has 154 valence electrons. The van der Waals surface area contributed by atoms with Crippen LogP contribution in [0.15, 0.2) is 64.1 Å². The molecule has 2 aromatic carbocycles. The van der Waals surface area contributed by atoms with Crippen molar-refractivity contribution < 1.29 is 18.7 Å². The Kier molecular flexibility index (Phi) is 7.03. The summed E-state index contributed by atoms with van der Waals surface area (Å²) >= 11 is 6.04. The number of hydrazone groups is 1. The number of carbonyl (C=O) groups is 2. The van der Waals surface area contributed by atoms with Crippen LogP contribution in [0.25, 0.3) is 11.3 Å². The molecule has 30 heavy (non-hydrogen) atoms. The Morgan fingerprint density at radius 2 is 1.83 bits per heavy atom. The van der Waals surface area contributed by atoms with Crippen molar-refractivity contribution in [1.82, 2.24) is 5.43 Å². The third-order valence-corrected chi connectivity index (χ3v) is 4.79. The van der Waals surface area contributed by atoms with Crippen molar-refractivity contribution in [3.63, 3.8) is 0 Å². The van der Waals surface area contributed by atoms with Crippen LogP contribution in [0.2, 0.25) is 5.02 Å². The van der Waals surface area contributed by atoms with Crippen molar-refractivity contribution in [2.45, 2.75) is 19.8 Å². The Morgan fingerprint density at radius 1 is 1.10 bits per heavy atom. The van der Waals surface area contributed by atoms with Gasteiger partial charge in [0.25, 0.3) is 0 Å². The zero-order valence-electron chi connectivity index (χ0n) is 16.6. The van der Waals surface area contributed by atoms with Crippen LogP contribution in [-0.2, 0) is 22.4 Å². The van der Waals surface area contributed by atoms with E-state index in [2.05, 4.69) is 17.5 Å². The first-order chi connectivity index (χ1) is 14.5. The van der Waals surface area contributed by atoms with Crippen molar-refractivity contribution in [1.29, 1.82) is 0 Å². The number of methoxy groups -OCH3 is 1. The van der Waals surface area contributed by atoms with E-state index in [0.29, 0.717) is 22.1 Å². The van der Waals surface area contributed by atoms with Crippen LogP contribution in [0.1, 0.15) is 34.2 Å². The maximum Gasteiger partial charge on any atom is 0.339 e. The van der Waals surface area contributed by atoms with Gasteiger partial charge in [-0.15, -0.1) is 0 Å². The molecule has 1 amide bonds. The highest BCUT2D eigenvalue weighted by atomic mass is 35.5. The molecule has 0 saturated heterocycles. The summed E-state index contributed by atoms with van der Waals surface area (Å²) < 4.78 is 10.4. The quantitative estimate of drug-likeness (QED) is 0.340. The summed E-state index contributed by atoms with van der Waals surface area (Å²) in [5, 5.41) is 4.24. The molecule has 1 aromatic heterocycles. The van der Waals surface area contributed by atoms with Gasteiger partial charge in [-0.2, -0.15) is 5.10 Å². The maximum atomic E-state index is 12.0. The average molecular weight is 425 g/mol. The minimum atomic E-state index is -0.526. The number of halogens is 1. The summed E-state index contributed by atoms with van der Waals surface area (Å²) in [5.41, 5.74) is 5.55. The minimum Gasteiger partial charge on any atom is -0.465 e. The standard InChI is InChI=1S/C23H21ClN2O4/c1-3-15-4-6-16(7-5-15)12-22(27)26-25-14-18-9-11-21(30-18)17-8-10-20(24)19(13-17)23(28)29-2/h4-11,13-14H,3,12H2,1-2H3,(H,26,27)/b25-14-. The molecule has 0 spiro atoms. The van der Waals surface area contributed by atoms with E-state index in [4.69, 9.17) is 20.8 Å². The van der Waals surface area contributed by atoms with E-state index in [0.717, 1.165) is 12.0 Å². The largest absolute Gasteiger partial charge is 0.465 e. The zero-order valence-corrected chi connectivity index (χ0v) is 17.4. The van der Waals surface area contributed by atoms with Crippen LogP contribution in [0, 0.1) is 0 Å². The number of benzene rings is 2. The van der Waals surface area contributed by atoms with E-state index < -0.39 is 5.97 Å². The first kappa shape index (κ1) is 21.3. The van der Waals surface area contributed by atoms with Gasteiger partial charge in [-0.05, 0) is 47.9 Å². The van der Waals surface area contributed by atoms with Gasteiger partial charge >= 0.3 is 5.97 Å². The molecule has 6 nitrogen and oxygen atoms in total. The molecule has 1 N–H and O–H groups in total. The van der Waals surface area contributed by atoms with Crippen molar-refractivity contribution in [3.05, 3.63) is 82.1 Å². The predicted octanol–water partition coefficient (Wildman–Crippen LogP) is 4.64. The van der Waals surface area contributed by atoms with Crippen molar-refractivity contribution in [3.8, 4) is 11.3 Å². The Balaban J connectivity index is 1.61. The lowest BCUT2D eigenvalue weighted by molar-refractivity contribution is -0.120. The molecule has 0 unspecified atom stereocenters. The molecule has 7 heteroatoms. The molecule has 3 rings (SSSR count). The normalized spacial score (nSPS) is 10.9. The van der Waals surface area contributed by atoms with Crippen LogP contribution < -0.4 is 5.43 Å². The number of esters is 1. The Bertz CT molecular complexity index is 1070. The van der Waals surface area contributed by atoms with E-state index in [1.807, 2.05) is 24.3 Å². The number of hydrogen-bond donors (Lipinski definition) is 1. The van der Waals surface area contributed by atoms with E-state index in [9.17, 15) is 9.59 Å². The molecule has 0 radical (unpaired) electrons. The molecular weight excluding hydrogens is 404 g/mol. The van der Waals surface area contributed by atoms with Crippen molar-refractivity contribution in [2.75, 3.05) is 7.11 Å². The Morgan fingerprint density at radius 3 is 2.53 bits per heavy atom. The molecule has 0 aliphatic rings. The molecule has 0 saturated carbocycles. The van der Waals surface area contributed by atoms with Gasteiger partial charge in [-0.25, -0.2) is 10.2 Å². The van der Waals surface area contributed by atoms with Gasteiger partial charge in [0.15, 0.2) is 0 Å². The van der Waals surface area contributed by atoms with Crippen LogP contribution in [0.3, 0.4) is 0 Å². The Labute approximate surface area is 179 Å². The zero-order chi connectivity index (χ0) is 21.5. The third kappa shape index (κ3) is 5.36. The number of nitrogens with zero attached hydrogens (tertiary/aromatic N) is 1. The van der Waals surface area contributed by atoms with E-state index in [1.54, 1.807) is 30.3 Å². The fraction of sp³-hybridized carbons (Fsp3) is 0.174. The second-order valence-electron chi connectivity index (χ2n) is 6.53. The summed E-state index contributed by atoms with van der Waals surface area (Å²) in [6.07, 6.45) is 2.62. The first-order valence-electron chi connectivity index (χ1n) is 9.38. The van der Waals surface area contributed by atoms with Gasteiger partial charge in [-0.3, -0.25) is 4.79 Å². The lowest BCUT2D eigenvalue weighted by Crippen LogP contribution is -2.19. The lowest BCUT2D eigenvalue weighted by atomic mass is 10.1. The molecule has 0 fully saturated rings. The molecule has 3 aromatic rings. The number of nitrogens with one attached hydrogen (secondary N) is 1. The van der Waals surface area contributed by atoms with Crippen molar-refractivity contribution >= 4 is 29.7 Å². The molecular formula is C23H21ClN2O4. The SMILES string of the molecule is CCc1ccc(CC(=O)N/N=C\c2ccc(-c3ccc(Cl)c(C(=O)OC)c3)o2)cc1. The molecule has 0 aliphatic heterocycles. The lowest BCUT2D eigenvalue weighted by Gasteiger charge is -2.04. The summed E-state index contributed by atoms with van der Waals surface area (Å²) in [5.74, 6) is 0.234. The van der Waals surface area contributed by atoms with Crippen molar-refractivity contribution in [2.24, 2.45) is 5.10 Å². The topological polar surface area (TPSA) is 80.9 Å². The fourth-order valence-electron chi connectivity index (χ4n) is 2.81. The fourth-order valence-corrected chi connectivity index (χ4v) is 3.00. The highest BCUT2D eigenvalue weighted by Crippen LogP contribution is 2.27. The highest BCUT2D eigenvalue weighted by molar-refractivity contribution is 6.33. The maximum absolute atomic E-state index is 12.0. The summed E-state index contributed by atoms with van der Waals surface area (Å²) in [4.78, 5) is 23.8. The smallest absolute Gasteiger partial charge is 0.339 e. The molecule has 0 bridgehead atoms. The highest BCUT2D eigenvalue weighted by Gasteiger charge is 2.13. The minimum absolute atomic E-state index is 0.220. The van der Waals surface area contributed by atoms with E-state index >= 15 is 0 Å². The Hall–Kier alpha value is -3.38. The van der Waals surface area contributed by atoms with Crippen LogP contribution >= 0.6 is 11.6 Å². The predicted molar refractivity (Wildman–Crippen MR) is 116 cm³/mol. The number of ether oxygens (including phenoxy) is 1. The summed E-state index contributed by atoms with van der Waals surface area (Å²) in [7, 11) is 1.29. The van der Waals surface area contributed by atoms with Gasteiger partial charge in [0.2, 0.25) is 5.91 Å². The number of aryl methyl sites for hydroxylation is 1. The van der Waals surface area contributed by atoms with Gasteiger partial charge < -0.3 is 9.15 Å². The average Bonchev–Trinajstić information content (AvgIpc) is 3.23. The number of carbonyl (C=O) groups excluding carboxylic acids is 2. The van der Waals surface area contributed by atoms with E-state index in [1.165, 1.54) is 18.9 Å². The van der Waals surface area contributed by atoms with E-state index in [-0.39, 0.29) is 17.9 Å². The number of amides is 1. The molecule has 1 heterocycles. The van der Waals surface area contributed by atoms with Gasteiger partial charge in [0, 0.05) is 5.56 Å². The number of rotatable bonds is 7. The third-order valence-electron chi connectivity index (χ3n) is 4.46. The van der Waals surface area contributed by atoms with Crippen LogP contribution in [0.4, 0.5) is 0 Å².